The van der Waals surface area contributed by atoms with Gasteiger partial charge in [0, 0.05) is 12.0 Å². The molecule has 1 amide bonds. The van der Waals surface area contributed by atoms with Crippen molar-refractivity contribution in [2.75, 3.05) is 7.11 Å². The molecule has 5 heteroatoms. The molecule has 2 saturated carbocycles. The summed E-state index contributed by atoms with van der Waals surface area (Å²) in [5, 5.41) is 11.8. The first kappa shape index (κ1) is 13.9. The lowest BCUT2D eigenvalue weighted by atomic mass is 9.80. The van der Waals surface area contributed by atoms with Crippen LogP contribution >= 0.6 is 0 Å². The molecule has 21 heavy (non-hydrogen) atoms. The maximum Gasteiger partial charge on any atom is 0.306 e. The van der Waals surface area contributed by atoms with Crippen molar-refractivity contribution in [3.05, 3.63) is 29.8 Å². The van der Waals surface area contributed by atoms with Crippen molar-refractivity contribution in [2.24, 2.45) is 11.8 Å². The molecule has 0 aliphatic heterocycles. The van der Waals surface area contributed by atoms with Gasteiger partial charge in [-0.25, -0.2) is 0 Å². The largest absolute Gasteiger partial charge is 0.497 e. The number of carbonyl (C=O) groups excluding carboxylic acids is 1. The number of rotatable bonds is 5. The molecule has 3 rings (SSSR count). The molecular weight excluding hydrogens is 270 g/mol. The average Bonchev–Trinajstić information content (AvgIpc) is 3.22. The second kappa shape index (κ2) is 5.39. The third-order valence-electron chi connectivity index (χ3n) is 4.50. The fourth-order valence-electron chi connectivity index (χ4n) is 2.95. The molecule has 2 fully saturated rings. The van der Waals surface area contributed by atoms with Gasteiger partial charge in [0.05, 0.1) is 13.0 Å². The third-order valence-corrected chi connectivity index (χ3v) is 4.50. The Hall–Kier alpha value is -2.04. The SMILES string of the molecule is COc1ccc([C@@H]2C[C@H]2C(=O)NC2CC(C(=O)O)C2)cc1. The molecule has 2 N–H and O–H groups in total. The number of nitrogens with one attached hydrogen (secondary N) is 1. The van der Waals surface area contributed by atoms with Crippen LogP contribution in [0.1, 0.15) is 30.7 Å². The fourth-order valence-corrected chi connectivity index (χ4v) is 2.95. The number of carbonyl (C=O) groups is 2. The third kappa shape index (κ3) is 2.86. The molecule has 2 aliphatic rings. The first-order chi connectivity index (χ1) is 10.1. The highest BCUT2D eigenvalue weighted by Gasteiger charge is 2.45. The van der Waals surface area contributed by atoms with Crippen LogP contribution in [0.15, 0.2) is 24.3 Å². The number of carboxylic acid groups (broad SMARTS) is 1. The number of ether oxygens (including phenoxy) is 1. The van der Waals surface area contributed by atoms with Crippen LogP contribution in [0.2, 0.25) is 0 Å². The zero-order valence-corrected chi connectivity index (χ0v) is 11.9. The Morgan fingerprint density at radius 2 is 1.86 bits per heavy atom. The fraction of sp³-hybridized carbons (Fsp3) is 0.500. The van der Waals surface area contributed by atoms with E-state index < -0.39 is 5.97 Å². The molecule has 1 aromatic carbocycles. The van der Waals surface area contributed by atoms with E-state index in [1.54, 1.807) is 7.11 Å². The molecular formula is C16H19NO4. The minimum absolute atomic E-state index is 0.0299. The van der Waals surface area contributed by atoms with Gasteiger partial charge in [0.25, 0.3) is 0 Å². The van der Waals surface area contributed by atoms with Gasteiger partial charge in [-0.3, -0.25) is 9.59 Å². The van der Waals surface area contributed by atoms with Crippen molar-refractivity contribution in [2.45, 2.75) is 31.2 Å². The molecule has 112 valence electrons. The maximum absolute atomic E-state index is 12.1. The van der Waals surface area contributed by atoms with Gasteiger partial charge in [0.15, 0.2) is 0 Å². The summed E-state index contributed by atoms with van der Waals surface area (Å²) in [6, 6.07) is 7.86. The van der Waals surface area contributed by atoms with Gasteiger partial charge in [-0.15, -0.1) is 0 Å². The lowest BCUT2D eigenvalue weighted by Crippen LogP contribution is -2.47. The summed E-state index contributed by atoms with van der Waals surface area (Å²) in [4.78, 5) is 22.8. The molecule has 0 aromatic heterocycles. The van der Waals surface area contributed by atoms with E-state index in [1.165, 1.54) is 0 Å². The molecule has 0 bridgehead atoms. The number of hydrogen-bond acceptors (Lipinski definition) is 3. The number of hydrogen-bond donors (Lipinski definition) is 2. The molecule has 0 radical (unpaired) electrons. The predicted octanol–water partition coefficient (Wildman–Crippen LogP) is 1.78. The van der Waals surface area contributed by atoms with Crippen LogP contribution in [0.3, 0.4) is 0 Å². The van der Waals surface area contributed by atoms with Crippen molar-refractivity contribution in [3.63, 3.8) is 0 Å². The number of benzene rings is 1. The number of methoxy groups -OCH3 is 1. The van der Waals surface area contributed by atoms with Gasteiger partial charge in [-0.1, -0.05) is 12.1 Å². The van der Waals surface area contributed by atoms with Crippen molar-refractivity contribution >= 4 is 11.9 Å². The van der Waals surface area contributed by atoms with E-state index in [0.29, 0.717) is 12.8 Å². The smallest absolute Gasteiger partial charge is 0.306 e. The lowest BCUT2D eigenvalue weighted by Gasteiger charge is -2.32. The Morgan fingerprint density at radius 1 is 1.19 bits per heavy atom. The van der Waals surface area contributed by atoms with Gasteiger partial charge < -0.3 is 15.2 Å². The van der Waals surface area contributed by atoms with E-state index in [4.69, 9.17) is 9.84 Å². The molecule has 0 heterocycles. The highest BCUT2D eigenvalue weighted by Crippen LogP contribution is 2.48. The number of amides is 1. The Balaban J connectivity index is 1.48. The Labute approximate surface area is 123 Å². The summed E-state index contributed by atoms with van der Waals surface area (Å²) in [5.74, 6) is 0.141. The van der Waals surface area contributed by atoms with Gasteiger partial charge in [0.2, 0.25) is 5.91 Å². The van der Waals surface area contributed by atoms with E-state index >= 15 is 0 Å². The highest BCUT2D eigenvalue weighted by molar-refractivity contribution is 5.83. The van der Waals surface area contributed by atoms with Crippen LogP contribution in [-0.2, 0) is 9.59 Å². The van der Waals surface area contributed by atoms with E-state index in [9.17, 15) is 9.59 Å². The van der Waals surface area contributed by atoms with Crippen molar-refractivity contribution < 1.29 is 19.4 Å². The second-order valence-electron chi connectivity index (χ2n) is 5.93. The molecule has 2 aliphatic carbocycles. The first-order valence-electron chi connectivity index (χ1n) is 7.25. The minimum atomic E-state index is -0.761. The van der Waals surface area contributed by atoms with E-state index in [0.717, 1.165) is 17.7 Å². The Bertz CT molecular complexity index is 548. The monoisotopic (exact) mass is 289 g/mol. The van der Waals surface area contributed by atoms with Crippen LogP contribution < -0.4 is 10.1 Å². The highest BCUT2D eigenvalue weighted by atomic mass is 16.5. The van der Waals surface area contributed by atoms with E-state index in [-0.39, 0.29) is 29.7 Å². The minimum Gasteiger partial charge on any atom is -0.497 e. The lowest BCUT2D eigenvalue weighted by molar-refractivity contribution is -0.146. The zero-order chi connectivity index (χ0) is 15.0. The first-order valence-corrected chi connectivity index (χ1v) is 7.25. The van der Waals surface area contributed by atoms with Crippen LogP contribution in [0.25, 0.3) is 0 Å². The Kier molecular flexibility index (Phi) is 3.57. The van der Waals surface area contributed by atoms with E-state index in [1.807, 2.05) is 24.3 Å². The molecule has 0 saturated heterocycles. The van der Waals surface area contributed by atoms with Crippen LogP contribution in [0.4, 0.5) is 0 Å². The number of aliphatic carboxylic acids is 1. The second-order valence-corrected chi connectivity index (χ2v) is 5.93. The zero-order valence-electron chi connectivity index (χ0n) is 11.9. The van der Waals surface area contributed by atoms with Crippen molar-refractivity contribution in [3.8, 4) is 5.75 Å². The average molecular weight is 289 g/mol. The summed E-state index contributed by atoms with van der Waals surface area (Å²) >= 11 is 0. The summed E-state index contributed by atoms with van der Waals surface area (Å²) in [6.45, 7) is 0. The van der Waals surface area contributed by atoms with Crippen molar-refractivity contribution in [1.82, 2.24) is 5.32 Å². The molecule has 1 aromatic rings. The van der Waals surface area contributed by atoms with E-state index in [2.05, 4.69) is 5.32 Å². The van der Waals surface area contributed by atoms with Crippen molar-refractivity contribution in [1.29, 1.82) is 0 Å². The number of carboxylic acids is 1. The topological polar surface area (TPSA) is 75.6 Å². The standard InChI is InChI=1S/C16H19NO4/c1-21-12-4-2-9(3-5-12)13-8-14(13)15(18)17-11-6-10(7-11)16(19)20/h2-5,10-11,13-14H,6-8H2,1H3,(H,17,18)(H,19,20)/t10?,11?,13-,14+/m0/s1. The van der Waals surface area contributed by atoms with Gasteiger partial charge >= 0.3 is 5.97 Å². The maximum atomic E-state index is 12.1. The summed E-state index contributed by atoms with van der Waals surface area (Å²) in [7, 11) is 1.63. The molecule has 5 nitrogen and oxygen atoms in total. The molecule has 2 atom stereocenters. The normalized spacial score (nSPS) is 30.1. The van der Waals surface area contributed by atoms with Crippen LogP contribution in [-0.4, -0.2) is 30.1 Å². The quantitative estimate of drug-likeness (QED) is 0.866. The van der Waals surface area contributed by atoms with Gasteiger partial charge in [-0.05, 0) is 42.9 Å². The summed E-state index contributed by atoms with van der Waals surface area (Å²) < 4.78 is 5.12. The van der Waals surface area contributed by atoms with Crippen LogP contribution in [0, 0.1) is 11.8 Å². The van der Waals surface area contributed by atoms with Gasteiger partial charge in [0.1, 0.15) is 5.75 Å². The Morgan fingerprint density at radius 3 is 2.43 bits per heavy atom. The predicted molar refractivity (Wildman–Crippen MR) is 76.1 cm³/mol. The van der Waals surface area contributed by atoms with Gasteiger partial charge in [-0.2, -0.15) is 0 Å². The molecule has 0 spiro atoms. The summed E-state index contributed by atoms with van der Waals surface area (Å²) in [6.07, 6.45) is 1.98. The summed E-state index contributed by atoms with van der Waals surface area (Å²) in [5.41, 5.74) is 1.16. The van der Waals surface area contributed by atoms with Crippen LogP contribution in [0.5, 0.6) is 5.75 Å². The molecule has 0 unspecified atom stereocenters.